The van der Waals surface area contributed by atoms with Gasteiger partial charge in [-0.1, -0.05) is 139 Å². The monoisotopic (exact) mass is 858 g/mol. The molecule has 0 fully saturated rings. The van der Waals surface area contributed by atoms with Gasteiger partial charge in [-0.05, 0) is 116 Å². The van der Waals surface area contributed by atoms with E-state index in [-0.39, 0.29) is 10.8 Å². The molecule has 6 aromatic heterocycles. The second-order valence-corrected chi connectivity index (χ2v) is 21.2. The number of pyridine rings is 1. The molecular formula is C63H46N4. The highest BCUT2D eigenvalue weighted by Crippen LogP contribution is 2.52. The Bertz CT molecular complexity index is 4620. The van der Waals surface area contributed by atoms with Crippen molar-refractivity contribution in [3.63, 3.8) is 0 Å². The van der Waals surface area contributed by atoms with E-state index in [1.165, 1.54) is 131 Å². The highest BCUT2D eigenvalue weighted by atomic mass is 15.0. The fourth-order valence-corrected chi connectivity index (χ4v) is 12.2. The van der Waals surface area contributed by atoms with Crippen LogP contribution in [0.15, 0.2) is 170 Å². The summed E-state index contributed by atoms with van der Waals surface area (Å²) in [7, 11) is 0. The van der Waals surface area contributed by atoms with Gasteiger partial charge in [-0.15, -0.1) is 0 Å². The van der Waals surface area contributed by atoms with Gasteiger partial charge in [0, 0.05) is 65.1 Å². The number of nitrogens with zero attached hydrogens (tertiary/aromatic N) is 4. The van der Waals surface area contributed by atoms with Crippen molar-refractivity contribution in [1.82, 2.24) is 18.4 Å². The summed E-state index contributed by atoms with van der Waals surface area (Å²) in [6, 6.07) is 61.8. The van der Waals surface area contributed by atoms with E-state index in [1.807, 2.05) is 0 Å². The highest BCUT2D eigenvalue weighted by Gasteiger charge is 2.30. The van der Waals surface area contributed by atoms with Gasteiger partial charge >= 0.3 is 0 Å². The lowest BCUT2D eigenvalue weighted by atomic mass is 9.84. The van der Waals surface area contributed by atoms with Gasteiger partial charge in [0.1, 0.15) is 5.65 Å². The van der Waals surface area contributed by atoms with Crippen molar-refractivity contribution >= 4 is 120 Å². The van der Waals surface area contributed by atoms with Crippen LogP contribution in [0.25, 0.3) is 136 Å². The molecule has 4 nitrogen and oxygen atoms in total. The Morgan fingerprint density at radius 3 is 1.75 bits per heavy atom. The molecule has 0 saturated heterocycles. The Morgan fingerprint density at radius 1 is 0.373 bits per heavy atom. The number of fused-ring (bicyclic) bond motifs is 19. The Hall–Kier alpha value is -7.95. The summed E-state index contributed by atoms with van der Waals surface area (Å²) in [4.78, 5) is 5.59. The standard InChI is InChI=1S/C63H46N4/c1-62(2,3)38-25-27-52-45(31-38)46-32-39(63(4,5)6)33-49-57-56-48-29-36-17-11-13-21-42(36)55-47-28-35-16-10-12-20-41(35)54(59(47)66(60(48)55)53(56)34-64-61(57)67(52)58(46)49)37-24-26-51-44(30-37)43-22-14-15-23-50(43)65(51)40-18-8-7-9-19-40/h7-34H,1-6H3. The molecule has 0 bridgehead atoms. The summed E-state index contributed by atoms with van der Waals surface area (Å²) in [5.41, 5.74) is 15.8. The van der Waals surface area contributed by atoms with Gasteiger partial charge in [-0.3, -0.25) is 4.40 Å². The van der Waals surface area contributed by atoms with E-state index in [4.69, 9.17) is 4.98 Å². The molecule has 0 radical (unpaired) electrons. The van der Waals surface area contributed by atoms with Crippen LogP contribution < -0.4 is 0 Å². The fourth-order valence-electron chi connectivity index (χ4n) is 12.2. The van der Waals surface area contributed by atoms with Crippen LogP contribution in [-0.2, 0) is 10.8 Å². The minimum Gasteiger partial charge on any atom is -0.309 e. The van der Waals surface area contributed by atoms with Gasteiger partial charge in [-0.25, -0.2) is 4.98 Å². The van der Waals surface area contributed by atoms with Crippen LogP contribution >= 0.6 is 0 Å². The van der Waals surface area contributed by atoms with E-state index in [9.17, 15) is 0 Å². The van der Waals surface area contributed by atoms with Gasteiger partial charge in [0.2, 0.25) is 0 Å². The second-order valence-electron chi connectivity index (χ2n) is 21.2. The summed E-state index contributed by atoms with van der Waals surface area (Å²) in [6.07, 6.45) is 2.19. The number of para-hydroxylation sites is 2. The maximum absolute atomic E-state index is 5.59. The van der Waals surface area contributed by atoms with Crippen LogP contribution in [0.2, 0.25) is 0 Å². The minimum absolute atomic E-state index is 0.0306. The van der Waals surface area contributed by atoms with E-state index in [1.54, 1.807) is 0 Å². The number of aromatic nitrogens is 4. The number of hydrogen-bond donors (Lipinski definition) is 0. The van der Waals surface area contributed by atoms with Crippen LogP contribution in [0.4, 0.5) is 0 Å². The lowest BCUT2D eigenvalue weighted by molar-refractivity contribution is 0.590. The first-order chi connectivity index (χ1) is 32.5. The first-order valence-corrected chi connectivity index (χ1v) is 23.7. The van der Waals surface area contributed by atoms with Gasteiger partial charge in [0.05, 0.1) is 44.8 Å². The van der Waals surface area contributed by atoms with E-state index < -0.39 is 0 Å². The average molecular weight is 859 g/mol. The third-order valence-electron chi connectivity index (χ3n) is 15.4. The third kappa shape index (κ3) is 4.74. The maximum Gasteiger partial charge on any atom is 0.146 e. The van der Waals surface area contributed by atoms with E-state index in [0.717, 1.165) is 16.9 Å². The van der Waals surface area contributed by atoms with E-state index in [0.29, 0.717) is 0 Å². The molecule has 0 aliphatic carbocycles. The van der Waals surface area contributed by atoms with Crippen molar-refractivity contribution in [2.24, 2.45) is 0 Å². The zero-order valence-corrected chi connectivity index (χ0v) is 38.5. The van der Waals surface area contributed by atoms with Crippen molar-refractivity contribution in [2.45, 2.75) is 52.4 Å². The van der Waals surface area contributed by atoms with Crippen molar-refractivity contribution in [2.75, 3.05) is 0 Å². The fraction of sp³-hybridized carbons (Fsp3) is 0.127. The average Bonchev–Trinajstić information content (AvgIpc) is 4.12. The predicted octanol–water partition coefficient (Wildman–Crippen LogP) is 17.0. The number of benzene rings is 9. The lowest BCUT2D eigenvalue weighted by Crippen LogP contribution is -2.11. The molecule has 0 aliphatic heterocycles. The van der Waals surface area contributed by atoms with Gasteiger partial charge < -0.3 is 8.97 Å². The zero-order chi connectivity index (χ0) is 44.8. The molecule has 15 rings (SSSR count). The first kappa shape index (κ1) is 37.3. The molecule has 0 atom stereocenters. The zero-order valence-electron chi connectivity index (χ0n) is 38.5. The Kier molecular flexibility index (Phi) is 6.94. The Morgan fingerprint density at radius 2 is 0.970 bits per heavy atom. The van der Waals surface area contributed by atoms with Crippen molar-refractivity contribution < 1.29 is 0 Å². The van der Waals surface area contributed by atoms with Gasteiger partial charge in [0.15, 0.2) is 0 Å². The molecule has 0 aliphatic rings. The minimum atomic E-state index is -0.0585. The topological polar surface area (TPSA) is 26.6 Å². The molecule has 6 heterocycles. The number of hydrogen-bond acceptors (Lipinski definition) is 1. The summed E-state index contributed by atoms with van der Waals surface area (Å²) < 4.78 is 7.48. The van der Waals surface area contributed by atoms with Crippen molar-refractivity contribution in [3.05, 3.63) is 181 Å². The van der Waals surface area contributed by atoms with E-state index >= 15 is 0 Å². The van der Waals surface area contributed by atoms with Crippen LogP contribution in [0.1, 0.15) is 52.7 Å². The van der Waals surface area contributed by atoms with E-state index in [2.05, 4.69) is 225 Å². The Balaban J connectivity index is 1.14. The largest absolute Gasteiger partial charge is 0.309 e. The smallest absolute Gasteiger partial charge is 0.146 e. The summed E-state index contributed by atoms with van der Waals surface area (Å²) in [5, 5.41) is 17.7. The molecule has 9 aromatic carbocycles. The molecule has 318 valence electrons. The molecule has 0 saturated carbocycles. The molecule has 0 amide bonds. The van der Waals surface area contributed by atoms with Crippen molar-refractivity contribution in [3.8, 4) is 16.8 Å². The first-order valence-electron chi connectivity index (χ1n) is 23.7. The molecule has 15 aromatic rings. The van der Waals surface area contributed by atoms with Gasteiger partial charge in [-0.2, -0.15) is 0 Å². The molecule has 0 N–H and O–H groups in total. The molecule has 4 heteroatoms. The van der Waals surface area contributed by atoms with Gasteiger partial charge in [0.25, 0.3) is 0 Å². The lowest BCUT2D eigenvalue weighted by Gasteiger charge is -2.20. The summed E-state index contributed by atoms with van der Waals surface area (Å²) in [6.45, 7) is 14.0. The SMILES string of the molecule is CC(C)(C)c1ccc2c(c1)c1cc(C(C)(C)C)cc3c4c5c6cc7ccccc7c7c8cc9ccccc9c(-c9ccc%10c(c9)c9ccccc9n%10-c9ccccc9)c8n(c5cnc4n2c13)c67. The third-order valence-corrected chi connectivity index (χ3v) is 15.4. The summed E-state index contributed by atoms with van der Waals surface area (Å²) >= 11 is 0. The molecule has 0 unspecified atom stereocenters. The number of rotatable bonds is 2. The van der Waals surface area contributed by atoms with Crippen LogP contribution in [-0.4, -0.2) is 18.4 Å². The molecule has 67 heavy (non-hydrogen) atoms. The maximum atomic E-state index is 5.59. The highest BCUT2D eigenvalue weighted by molar-refractivity contribution is 6.39. The molecule has 0 spiro atoms. The van der Waals surface area contributed by atoms with Crippen molar-refractivity contribution in [1.29, 1.82) is 0 Å². The molecular weight excluding hydrogens is 813 g/mol. The van der Waals surface area contributed by atoms with Crippen LogP contribution in [0.5, 0.6) is 0 Å². The predicted molar refractivity (Wildman–Crippen MR) is 286 cm³/mol. The summed E-state index contributed by atoms with van der Waals surface area (Å²) in [5.74, 6) is 0. The second kappa shape index (κ2) is 12.5. The normalized spacial score (nSPS) is 13.2. The van der Waals surface area contributed by atoms with Crippen LogP contribution in [0.3, 0.4) is 0 Å². The quantitative estimate of drug-likeness (QED) is 0.170. The Labute approximate surface area is 386 Å². The van der Waals surface area contributed by atoms with Crippen LogP contribution in [0, 0.1) is 0 Å².